The van der Waals surface area contributed by atoms with E-state index in [0.29, 0.717) is 0 Å². The summed E-state index contributed by atoms with van der Waals surface area (Å²) in [5, 5.41) is 0. The minimum atomic E-state index is -0.130. The van der Waals surface area contributed by atoms with Crippen molar-refractivity contribution in [3.05, 3.63) is 35.1 Å². The maximum atomic E-state index is 14.2. The molecule has 1 aromatic carbocycles. The number of rotatable bonds is 3. The van der Waals surface area contributed by atoms with Gasteiger partial charge < -0.3 is 4.90 Å². The minimum Gasteiger partial charge on any atom is -0.301 e. The maximum Gasteiger partial charge on any atom is 0.127 e. The standard InChI is InChI=1S/C17H27FN2/c1-5-19-8-10-20(11-9-19)13-14-6-7-15(16(18)12-14)17(2,3)4/h6-7,12H,5,8-11,13H2,1-4H3. The highest BCUT2D eigenvalue weighted by Gasteiger charge is 2.20. The third-order valence-electron chi connectivity index (χ3n) is 4.16. The molecule has 2 rings (SSSR count). The first-order chi connectivity index (χ1) is 9.40. The van der Waals surface area contributed by atoms with Gasteiger partial charge in [-0.3, -0.25) is 4.90 Å². The van der Waals surface area contributed by atoms with Gasteiger partial charge in [-0.2, -0.15) is 0 Å². The number of nitrogens with zero attached hydrogens (tertiary/aromatic N) is 2. The van der Waals surface area contributed by atoms with Crippen LogP contribution in [-0.2, 0) is 12.0 Å². The van der Waals surface area contributed by atoms with Gasteiger partial charge in [-0.1, -0.05) is 39.8 Å². The zero-order valence-corrected chi connectivity index (χ0v) is 13.2. The predicted molar refractivity (Wildman–Crippen MR) is 82.5 cm³/mol. The molecule has 0 bridgehead atoms. The molecule has 1 aromatic rings. The molecule has 1 heterocycles. The summed E-state index contributed by atoms with van der Waals surface area (Å²) in [4.78, 5) is 4.87. The predicted octanol–water partition coefficient (Wildman–Crippen LogP) is 3.26. The molecule has 2 nitrogen and oxygen atoms in total. The molecule has 112 valence electrons. The van der Waals surface area contributed by atoms with Crippen molar-refractivity contribution in [3.63, 3.8) is 0 Å². The molecule has 20 heavy (non-hydrogen) atoms. The lowest BCUT2D eigenvalue weighted by atomic mass is 9.86. The lowest BCUT2D eigenvalue weighted by Crippen LogP contribution is -2.45. The number of hydrogen-bond acceptors (Lipinski definition) is 2. The third-order valence-corrected chi connectivity index (χ3v) is 4.16. The molecule has 0 atom stereocenters. The highest BCUT2D eigenvalue weighted by Crippen LogP contribution is 2.26. The van der Waals surface area contributed by atoms with Crippen molar-refractivity contribution in [3.8, 4) is 0 Å². The molecule has 1 aliphatic heterocycles. The molecule has 0 unspecified atom stereocenters. The van der Waals surface area contributed by atoms with Crippen LogP contribution in [0.15, 0.2) is 18.2 Å². The fourth-order valence-electron chi connectivity index (χ4n) is 2.79. The van der Waals surface area contributed by atoms with Crippen LogP contribution in [0.1, 0.15) is 38.8 Å². The molecule has 1 fully saturated rings. The van der Waals surface area contributed by atoms with Crippen LogP contribution in [0.25, 0.3) is 0 Å². The van der Waals surface area contributed by atoms with Crippen molar-refractivity contribution in [2.75, 3.05) is 32.7 Å². The smallest absolute Gasteiger partial charge is 0.127 e. The van der Waals surface area contributed by atoms with Gasteiger partial charge in [-0.05, 0) is 29.2 Å². The van der Waals surface area contributed by atoms with E-state index in [-0.39, 0.29) is 11.2 Å². The van der Waals surface area contributed by atoms with E-state index in [1.54, 1.807) is 6.07 Å². The Bertz CT molecular complexity index is 443. The van der Waals surface area contributed by atoms with Crippen LogP contribution in [0.4, 0.5) is 4.39 Å². The van der Waals surface area contributed by atoms with Crippen molar-refractivity contribution in [1.29, 1.82) is 0 Å². The van der Waals surface area contributed by atoms with Crippen LogP contribution in [0.2, 0.25) is 0 Å². The summed E-state index contributed by atoms with van der Waals surface area (Å²) < 4.78 is 14.2. The van der Waals surface area contributed by atoms with Gasteiger partial charge in [-0.25, -0.2) is 4.39 Å². The normalized spacial score (nSPS) is 18.4. The molecule has 0 N–H and O–H groups in total. The molecule has 0 radical (unpaired) electrons. The van der Waals surface area contributed by atoms with Gasteiger partial charge >= 0.3 is 0 Å². The van der Waals surface area contributed by atoms with Crippen LogP contribution < -0.4 is 0 Å². The first kappa shape index (κ1) is 15.5. The quantitative estimate of drug-likeness (QED) is 0.837. The molecular weight excluding hydrogens is 251 g/mol. The Balaban J connectivity index is 1.99. The SMILES string of the molecule is CCN1CCN(Cc2ccc(C(C)(C)C)c(F)c2)CC1. The Morgan fingerprint density at radius 1 is 1.05 bits per heavy atom. The molecule has 0 spiro atoms. The van der Waals surface area contributed by atoms with Gasteiger partial charge in [0.05, 0.1) is 0 Å². The number of halogens is 1. The van der Waals surface area contributed by atoms with E-state index in [0.717, 1.165) is 50.4 Å². The zero-order chi connectivity index (χ0) is 14.8. The Kier molecular flexibility index (Phi) is 4.82. The van der Waals surface area contributed by atoms with Crippen molar-refractivity contribution in [2.24, 2.45) is 0 Å². The number of piperazine rings is 1. The van der Waals surface area contributed by atoms with Crippen molar-refractivity contribution in [1.82, 2.24) is 9.80 Å². The first-order valence-electron chi connectivity index (χ1n) is 7.64. The van der Waals surface area contributed by atoms with Crippen LogP contribution in [0.3, 0.4) is 0 Å². The number of hydrogen-bond donors (Lipinski definition) is 0. The van der Waals surface area contributed by atoms with Gasteiger partial charge in [0.1, 0.15) is 5.82 Å². The maximum absolute atomic E-state index is 14.2. The monoisotopic (exact) mass is 278 g/mol. The van der Waals surface area contributed by atoms with E-state index in [9.17, 15) is 4.39 Å². The van der Waals surface area contributed by atoms with Gasteiger partial charge in [-0.15, -0.1) is 0 Å². The number of likely N-dealkylation sites (N-methyl/N-ethyl adjacent to an activating group) is 1. The molecule has 0 aromatic heterocycles. The van der Waals surface area contributed by atoms with Crippen LogP contribution in [-0.4, -0.2) is 42.5 Å². The van der Waals surface area contributed by atoms with E-state index in [2.05, 4.69) is 43.6 Å². The Hall–Kier alpha value is -0.930. The average molecular weight is 278 g/mol. The van der Waals surface area contributed by atoms with E-state index < -0.39 is 0 Å². The van der Waals surface area contributed by atoms with Crippen LogP contribution in [0, 0.1) is 5.82 Å². The molecule has 1 saturated heterocycles. The third kappa shape index (κ3) is 3.80. The van der Waals surface area contributed by atoms with E-state index >= 15 is 0 Å². The molecule has 0 saturated carbocycles. The second-order valence-electron chi connectivity index (χ2n) is 6.77. The summed E-state index contributed by atoms with van der Waals surface area (Å²) in [5.74, 6) is -0.0674. The fraction of sp³-hybridized carbons (Fsp3) is 0.647. The summed E-state index contributed by atoms with van der Waals surface area (Å²) >= 11 is 0. The van der Waals surface area contributed by atoms with Gasteiger partial charge in [0.15, 0.2) is 0 Å². The summed E-state index contributed by atoms with van der Waals surface area (Å²) in [5.41, 5.74) is 1.76. The lowest BCUT2D eigenvalue weighted by molar-refractivity contribution is 0.132. The van der Waals surface area contributed by atoms with E-state index in [4.69, 9.17) is 0 Å². The van der Waals surface area contributed by atoms with Gasteiger partial charge in [0.2, 0.25) is 0 Å². The van der Waals surface area contributed by atoms with Crippen molar-refractivity contribution in [2.45, 2.75) is 39.7 Å². The van der Waals surface area contributed by atoms with Crippen LogP contribution >= 0.6 is 0 Å². The molecule has 0 amide bonds. The van der Waals surface area contributed by atoms with Gasteiger partial charge in [0, 0.05) is 32.7 Å². The highest BCUT2D eigenvalue weighted by molar-refractivity contribution is 5.29. The average Bonchev–Trinajstić information content (AvgIpc) is 2.38. The molecule has 3 heteroatoms. The first-order valence-corrected chi connectivity index (χ1v) is 7.64. The summed E-state index contributed by atoms with van der Waals surface area (Å²) in [6.45, 7) is 14.8. The summed E-state index contributed by atoms with van der Waals surface area (Å²) in [7, 11) is 0. The van der Waals surface area contributed by atoms with Crippen molar-refractivity contribution < 1.29 is 4.39 Å². The molecular formula is C17H27FN2. The zero-order valence-electron chi connectivity index (χ0n) is 13.2. The molecule has 0 aliphatic carbocycles. The van der Waals surface area contributed by atoms with Crippen LogP contribution in [0.5, 0.6) is 0 Å². The van der Waals surface area contributed by atoms with E-state index in [1.807, 2.05) is 6.07 Å². The minimum absolute atomic E-state index is 0.0674. The van der Waals surface area contributed by atoms with Crippen molar-refractivity contribution >= 4 is 0 Å². The fourth-order valence-corrected chi connectivity index (χ4v) is 2.79. The second-order valence-corrected chi connectivity index (χ2v) is 6.77. The lowest BCUT2D eigenvalue weighted by Gasteiger charge is -2.34. The topological polar surface area (TPSA) is 6.48 Å². The Labute approximate surface area is 122 Å². The summed E-state index contributed by atoms with van der Waals surface area (Å²) in [6, 6.07) is 5.75. The van der Waals surface area contributed by atoms with Gasteiger partial charge in [0.25, 0.3) is 0 Å². The number of benzene rings is 1. The Morgan fingerprint density at radius 3 is 2.15 bits per heavy atom. The summed E-state index contributed by atoms with van der Waals surface area (Å²) in [6.07, 6.45) is 0. The largest absolute Gasteiger partial charge is 0.301 e. The van der Waals surface area contributed by atoms with E-state index in [1.165, 1.54) is 0 Å². The highest BCUT2D eigenvalue weighted by atomic mass is 19.1. The second kappa shape index (κ2) is 6.23. The molecule has 1 aliphatic rings. The Morgan fingerprint density at radius 2 is 1.65 bits per heavy atom.